The first-order valence-electron chi connectivity index (χ1n) is 22.3. The average molecular weight is 778 g/mol. The van der Waals surface area contributed by atoms with Gasteiger partial charge >= 0.3 is 0 Å². The maximum Gasteiger partial charge on any atom is 0.0626 e. The van der Waals surface area contributed by atoms with Crippen molar-refractivity contribution in [2.45, 2.75) is 83.0 Å². The van der Waals surface area contributed by atoms with Crippen LogP contribution in [0.4, 0.5) is 28.4 Å². The van der Waals surface area contributed by atoms with Crippen LogP contribution in [0.15, 0.2) is 164 Å². The first-order chi connectivity index (χ1) is 29.2. The standard InChI is InChI=1S/C54H59N5/c1-4-10-49(11-5-1)55-36-41-16-20-43(21-17-41)38-58-52-32-28-47(29-33-52)54(46-26-24-45(25-27-46)40-57-51-14-8-3-9-15-51)48-30-34-53(35-31-48)59-39-44-22-18-42(19-23-44)37-56-50-12-6-2-7-13-50/h1-15,28-46,54H,16-27H2. The molecule has 5 nitrogen and oxygen atoms in total. The fourth-order valence-electron chi connectivity index (χ4n) is 9.29. The van der Waals surface area contributed by atoms with Crippen LogP contribution < -0.4 is 0 Å². The molecule has 3 fully saturated rings. The van der Waals surface area contributed by atoms with E-state index in [1.54, 1.807) is 0 Å². The summed E-state index contributed by atoms with van der Waals surface area (Å²) in [7, 11) is 0. The van der Waals surface area contributed by atoms with Gasteiger partial charge in [-0.15, -0.1) is 0 Å². The third-order valence-corrected chi connectivity index (χ3v) is 12.9. The molecule has 5 aromatic rings. The fraction of sp³-hybridized carbons (Fsp3) is 0.352. The molecule has 0 N–H and O–H groups in total. The highest BCUT2D eigenvalue weighted by Crippen LogP contribution is 2.43. The zero-order chi connectivity index (χ0) is 39.9. The van der Waals surface area contributed by atoms with Crippen LogP contribution in [0.25, 0.3) is 0 Å². The van der Waals surface area contributed by atoms with Crippen LogP contribution in [0.5, 0.6) is 0 Å². The maximum atomic E-state index is 4.99. The molecule has 0 saturated heterocycles. The second-order valence-corrected chi connectivity index (χ2v) is 17.1. The predicted octanol–water partition coefficient (Wildman–Crippen LogP) is 14.8. The highest BCUT2D eigenvalue weighted by molar-refractivity contribution is 5.70. The average Bonchev–Trinajstić information content (AvgIpc) is 3.31. The van der Waals surface area contributed by atoms with Crippen molar-refractivity contribution in [1.82, 2.24) is 0 Å². The summed E-state index contributed by atoms with van der Waals surface area (Å²) >= 11 is 0. The lowest BCUT2D eigenvalue weighted by Gasteiger charge is -2.33. The second-order valence-electron chi connectivity index (χ2n) is 17.1. The number of rotatable bonds is 13. The van der Waals surface area contributed by atoms with E-state index < -0.39 is 0 Å². The van der Waals surface area contributed by atoms with Crippen molar-refractivity contribution in [1.29, 1.82) is 0 Å². The molecule has 3 aliphatic carbocycles. The summed E-state index contributed by atoms with van der Waals surface area (Å²) in [5.74, 6) is 3.59. The van der Waals surface area contributed by atoms with Gasteiger partial charge in [-0.25, -0.2) is 0 Å². The minimum absolute atomic E-state index is 0.332. The van der Waals surface area contributed by atoms with E-state index in [-0.39, 0.29) is 0 Å². The smallest absolute Gasteiger partial charge is 0.0626 e. The van der Waals surface area contributed by atoms with Crippen molar-refractivity contribution >= 4 is 59.5 Å². The van der Waals surface area contributed by atoms with E-state index in [2.05, 4.69) is 128 Å². The summed E-state index contributed by atoms with van der Waals surface area (Å²) in [5, 5.41) is 0. The molecule has 0 bridgehead atoms. The Kier molecular flexibility index (Phi) is 14.3. The van der Waals surface area contributed by atoms with Crippen molar-refractivity contribution in [3.05, 3.63) is 151 Å². The van der Waals surface area contributed by atoms with Gasteiger partial charge in [-0.1, -0.05) is 78.9 Å². The molecule has 5 heteroatoms. The van der Waals surface area contributed by atoms with Crippen molar-refractivity contribution in [2.75, 3.05) is 0 Å². The quantitative estimate of drug-likeness (QED) is 0.107. The van der Waals surface area contributed by atoms with E-state index in [0.717, 1.165) is 28.4 Å². The van der Waals surface area contributed by atoms with Gasteiger partial charge in [0.05, 0.1) is 28.4 Å². The number of aliphatic imine (C=N–C) groups is 5. The molecule has 0 atom stereocenters. The summed E-state index contributed by atoms with van der Waals surface area (Å²) in [5.41, 5.74) is 7.98. The first kappa shape index (κ1) is 40.2. The van der Waals surface area contributed by atoms with Gasteiger partial charge in [0.15, 0.2) is 0 Å². The minimum Gasteiger partial charge on any atom is -0.261 e. The zero-order valence-corrected chi connectivity index (χ0v) is 34.4. The summed E-state index contributed by atoms with van der Waals surface area (Å²) < 4.78 is 0. The number of benzene rings is 5. The lowest BCUT2D eigenvalue weighted by molar-refractivity contribution is 0.299. The molecule has 0 spiro atoms. The van der Waals surface area contributed by atoms with Gasteiger partial charge in [-0.2, -0.15) is 0 Å². The second kappa shape index (κ2) is 20.9. The predicted molar refractivity (Wildman–Crippen MR) is 251 cm³/mol. The largest absolute Gasteiger partial charge is 0.261 e. The highest BCUT2D eigenvalue weighted by atomic mass is 14.7. The van der Waals surface area contributed by atoms with Crippen LogP contribution >= 0.6 is 0 Å². The molecule has 300 valence electrons. The van der Waals surface area contributed by atoms with Gasteiger partial charge in [-0.05, 0) is 184 Å². The lowest BCUT2D eigenvalue weighted by atomic mass is 9.71. The Labute approximate surface area is 352 Å². The van der Waals surface area contributed by atoms with E-state index in [9.17, 15) is 0 Å². The van der Waals surface area contributed by atoms with Crippen molar-refractivity contribution < 1.29 is 0 Å². The highest BCUT2D eigenvalue weighted by Gasteiger charge is 2.30. The molecule has 59 heavy (non-hydrogen) atoms. The Bertz CT molecular complexity index is 2010. The molecule has 3 aliphatic rings. The molecular weight excluding hydrogens is 719 g/mol. The number of nitrogens with zero attached hydrogens (tertiary/aromatic N) is 5. The molecule has 0 unspecified atom stereocenters. The van der Waals surface area contributed by atoms with Crippen LogP contribution in [0.1, 0.15) is 94.1 Å². The van der Waals surface area contributed by atoms with E-state index in [1.807, 2.05) is 42.5 Å². The van der Waals surface area contributed by atoms with Crippen LogP contribution in [0.3, 0.4) is 0 Å². The van der Waals surface area contributed by atoms with E-state index >= 15 is 0 Å². The topological polar surface area (TPSA) is 61.8 Å². The normalized spacial score (nSPS) is 24.7. The Hall–Kier alpha value is -5.55. The van der Waals surface area contributed by atoms with Gasteiger partial charge in [0.1, 0.15) is 0 Å². The maximum absolute atomic E-state index is 4.99. The number of hydrogen-bond donors (Lipinski definition) is 0. The molecular formula is C54H59N5. The molecule has 0 aliphatic heterocycles. The Morgan fingerprint density at radius 1 is 0.288 bits per heavy atom. The minimum atomic E-state index is 0.332. The lowest BCUT2D eigenvalue weighted by Crippen LogP contribution is -2.22. The Morgan fingerprint density at radius 2 is 0.525 bits per heavy atom. The van der Waals surface area contributed by atoms with Crippen LogP contribution in [0, 0.1) is 35.5 Å². The third kappa shape index (κ3) is 12.0. The van der Waals surface area contributed by atoms with Gasteiger partial charge in [-0.3, -0.25) is 25.0 Å². The van der Waals surface area contributed by atoms with Crippen molar-refractivity contribution in [3.8, 4) is 0 Å². The monoisotopic (exact) mass is 777 g/mol. The van der Waals surface area contributed by atoms with Crippen molar-refractivity contribution in [2.24, 2.45) is 60.5 Å². The van der Waals surface area contributed by atoms with Crippen LogP contribution in [-0.2, 0) is 0 Å². The van der Waals surface area contributed by atoms with Gasteiger partial charge in [0, 0.05) is 37.0 Å². The van der Waals surface area contributed by atoms with Gasteiger partial charge in [0.2, 0.25) is 0 Å². The molecule has 0 heterocycles. The summed E-state index contributed by atoms with van der Waals surface area (Å²) in [6.07, 6.45) is 25.0. The van der Waals surface area contributed by atoms with Crippen LogP contribution in [0.2, 0.25) is 0 Å². The molecule has 0 aromatic heterocycles. The number of para-hydroxylation sites is 3. The molecule has 3 saturated carbocycles. The Morgan fingerprint density at radius 3 is 0.797 bits per heavy atom. The summed E-state index contributed by atoms with van der Waals surface area (Å²) in [6, 6.07) is 49.2. The van der Waals surface area contributed by atoms with Crippen molar-refractivity contribution in [3.63, 3.8) is 0 Å². The zero-order valence-electron chi connectivity index (χ0n) is 34.4. The Balaban J connectivity index is 0.895. The molecule has 0 amide bonds. The first-order valence-corrected chi connectivity index (χ1v) is 22.3. The molecule has 0 radical (unpaired) electrons. The summed E-state index contributed by atoms with van der Waals surface area (Å²) in [6.45, 7) is 0. The molecule has 8 rings (SSSR count). The van der Waals surface area contributed by atoms with E-state index in [0.29, 0.717) is 41.4 Å². The van der Waals surface area contributed by atoms with E-state index in [1.165, 1.54) is 88.2 Å². The molecule has 5 aromatic carbocycles. The van der Waals surface area contributed by atoms with E-state index in [4.69, 9.17) is 25.0 Å². The van der Waals surface area contributed by atoms with Crippen LogP contribution in [-0.4, -0.2) is 31.1 Å². The summed E-state index contributed by atoms with van der Waals surface area (Å²) in [4.78, 5) is 24.2. The number of hydrogen-bond acceptors (Lipinski definition) is 5. The fourth-order valence-corrected chi connectivity index (χ4v) is 9.29. The van der Waals surface area contributed by atoms with Gasteiger partial charge < -0.3 is 0 Å². The van der Waals surface area contributed by atoms with Gasteiger partial charge in [0.25, 0.3) is 0 Å². The third-order valence-electron chi connectivity index (χ3n) is 12.9. The SMILES string of the molecule is C(=Nc1ccccc1)C1CCC(C=Nc2ccc(C(c3ccc(N=CC4CCC(C=Nc5ccccc5)CC4)cc3)C3CCC(C=Nc4ccccc4)CC3)cc2)CC1.